The number of carbonyl (C=O) groups is 1. The van der Waals surface area contributed by atoms with E-state index in [-0.39, 0.29) is 5.78 Å². The minimum atomic E-state index is -0.538. The van der Waals surface area contributed by atoms with Crippen molar-refractivity contribution in [2.45, 2.75) is 37.8 Å². The van der Waals surface area contributed by atoms with Crippen LogP contribution in [0.3, 0.4) is 0 Å². The summed E-state index contributed by atoms with van der Waals surface area (Å²) in [6.45, 7) is 4.06. The molecule has 0 bridgehead atoms. The predicted molar refractivity (Wildman–Crippen MR) is 139 cm³/mol. The smallest absolute Gasteiger partial charge is 0.152 e. The van der Waals surface area contributed by atoms with Crippen LogP contribution in [0.4, 0.5) is 0 Å². The van der Waals surface area contributed by atoms with E-state index in [1.165, 1.54) is 0 Å². The third-order valence-corrected chi connectivity index (χ3v) is 7.06. The largest absolute Gasteiger partial charge is 0.298 e. The molecule has 4 heteroatoms. The number of piperidine rings is 1. The van der Waals surface area contributed by atoms with E-state index in [0.717, 1.165) is 33.4 Å². The number of ketones is 1. The molecule has 1 aliphatic rings. The number of nitroso groups, excluding NO2 is 1. The van der Waals surface area contributed by atoms with Crippen LogP contribution in [0, 0.1) is 18.8 Å². The van der Waals surface area contributed by atoms with Crippen LogP contribution in [-0.2, 0) is 4.79 Å². The van der Waals surface area contributed by atoms with E-state index < -0.39 is 23.9 Å². The van der Waals surface area contributed by atoms with Gasteiger partial charge in [-0.05, 0) is 36.1 Å². The van der Waals surface area contributed by atoms with Crippen molar-refractivity contribution in [1.29, 1.82) is 0 Å². The second-order valence-electron chi connectivity index (χ2n) is 9.35. The maximum Gasteiger partial charge on any atom is 0.152 e. The molecule has 1 saturated heterocycles. The summed E-state index contributed by atoms with van der Waals surface area (Å²) in [6, 6.07) is 34.6. The average Bonchev–Trinajstić information content (AvgIpc) is 2.90. The topological polar surface area (TPSA) is 49.7 Å². The van der Waals surface area contributed by atoms with Gasteiger partial charge in [-0.2, -0.15) is 0 Å². The van der Waals surface area contributed by atoms with Crippen LogP contribution in [-0.4, -0.2) is 10.8 Å². The molecule has 1 fully saturated rings. The predicted octanol–water partition coefficient (Wildman–Crippen LogP) is 7.22. The quantitative estimate of drug-likeness (QED) is 0.295. The number of rotatable bonds is 5. The highest BCUT2D eigenvalue weighted by Crippen LogP contribution is 2.53. The minimum Gasteiger partial charge on any atom is -0.298 e. The molecular weight excluding hydrogens is 432 g/mol. The van der Waals surface area contributed by atoms with E-state index >= 15 is 0 Å². The summed E-state index contributed by atoms with van der Waals surface area (Å²) in [7, 11) is 0. The Kier molecular flexibility index (Phi) is 6.28. The standard InChI is InChI=1S/C31H28N2O2/c1-21-13-17-25(18-14-21)29-27(23-9-5-3-6-10-23)31(34)28(24-11-7-4-8-12-24)30(33(29)32-35)26-19-15-22(2)16-20-26/h3-20,27-30H,1-2H3/t27-,28+,29-,30+. The Hall–Kier alpha value is -4.05. The average molecular weight is 461 g/mol. The van der Waals surface area contributed by atoms with Gasteiger partial charge in [-0.15, -0.1) is 4.91 Å². The van der Waals surface area contributed by atoms with Crippen molar-refractivity contribution < 1.29 is 4.79 Å². The molecule has 4 nitrogen and oxygen atoms in total. The summed E-state index contributed by atoms with van der Waals surface area (Å²) in [4.78, 5) is 27.2. The van der Waals surface area contributed by atoms with Gasteiger partial charge in [-0.25, -0.2) is 5.01 Å². The molecule has 174 valence electrons. The van der Waals surface area contributed by atoms with Gasteiger partial charge in [0.2, 0.25) is 0 Å². The first-order valence-corrected chi connectivity index (χ1v) is 12.0. The van der Waals surface area contributed by atoms with Crippen molar-refractivity contribution in [2.24, 2.45) is 5.29 Å². The zero-order valence-corrected chi connectivity index (χ0v) is 19.9. The summed E-state index contributed by atoms with van der Waals surface area (Å²) in [5.74, 6) is -0.981. The summed E-state index contributed by atoms with van der Waals surface area (Å²) < 4.78 is 0. The second kappa shape index (κ2) is 9.67. The zero-order chi connectivity index (χ0) is 24.4. The lowest BCUT2D eigenvalue weighted by Gasteiger charge is -2.47. The molecule has 4 atom stereocenters. The molecule has 35 heavy (non-hydrogen) atoms. The zero-order valence-electron chi connectivity index (χ0n) is 19.9. The Morgan fingerprint density at radius 2 is 0.914 bits per heavy atom. The lowest BCUT2D eigenvalue weighted by Crippen LogP contribution is -2.46. The SMILES string of the molecule is Cc1ccc([C@@H]2[C@@H](c3ccccc3)C(=O)[C@@H](c3ccccc3)[C@H](c3ccc(C)cc3)N2N=O)cc1. The molecular formula is C31H28N2O2. The van der Waals surface area contributed by atoms with Gasteiger partial charge in [0, 0.05) is 0 Å². The van der Waals surface area contributed by atoms with Crippen LogP contribution in [0.5, 0.6) is 0 Å². The van der Waals surface area contributed by atoms with Crippen LogP contribution in [0.25, 0.3) is 0 Å². The van der Waals surface area contributed by atoms with Crippen LogP contribution in [0.1, 0.15) is 57.3 Å². The van der Waals surface area contributed by atoms with Gasteiger partial charge in [0.15, 0.2) is 5.78 Å². The molecule has 0 aromatic heterocycles. The fraction of sp³-hybridized carbons (Fsp3) is 0.194. The first-order chi connectivity index (χ1) is 17.1. The van der Waals surface area contributed by atoms with E-state index in [9.17, 15) is 9.70 Å². The normalized spacial score (nSPS) is 22.1. The number of hydrogen-bond donors (Lipinski definition) is 0. The number of nitrogens with zero attached hydrogens (tertiary/aromatic N) is 2. The summed E-state index contributed by atoms with van der Waals surface area (Å²) in [5, 5.41) is 5.26. The maximum absolute atomic E-state index is 14.5. The molecule has 4 aromatic rings. The van der Waals surface area contributed by atoms with Gasteiger partial charge >= 0.3 is 0 Å². The molecule has 0 spiro atoms. The third kappa shape index (κ3) is 4.28. The molecule has 0 N–H and O–H groups in total. The molecule has 0 unspecified atom stereocenters. The van der Waals surface area contributed by atoms with E-state index in [0.29, 0.717) is 0 Å². The van der Waals surface area contributed by atoms with Crippen LogP contribution < -0.4 is 0 Å². The lowest BCUT2D eigenvalue weighted by molar-refractivity contribution is -0.131. The molecule has 4 aromatic carbocycles. The molecule has 1 heterocycles. The Morgan fingerprint density at radius 3 is 1.26 bits per heavy atom. The van der Waals surface area contributed by atoms with Crippen molar-refractivity contribution >= 4 is 5.78 Å². The van der Waals surface area contributed by atoms with Gasteiger partial charge < -0.3 is 0 Å². The number of carbonyl (C=O) groups excluding carboxylic acids is 1. The van der Waals surface area contributed by atoms with Crippen LogP contribution in [0.15, 0.2) is 114 Å². The lowest BCUT2D eigenvalue weighted by atomic mass is 9.69. The van der Waals surface area contributed by atoms with Gasteiger partial charge in [0.25, 0.3) is 0 Å². The summed E-state index contributed by atoms with van der Waals surface area (Å²) in [5.41, 5.74) is 5.83. The Labute approximate surface area is 206 Å². The first-order valence-electron chi connectivity index (χ1n) is 12.0. The van der Waals surface area contributed by atoms with Crippen molar-refractivity contribution in [3.05, 3.63) is 147 Å². The Bertz CT molecular complexity index is 1200. The minimum absolute atomic E-state index is 0.0958. The van der Waals surface area contributed by atoms with Crippen molar-refractivity contribution in [3.8, 4) is 0 Å². The Balaban J connectivity index is 1.75. The fourth-order valence-corrected chi connectivity index (χ4v) is 5.32. The molecule has 0 radical (unpaired) electrons. The fourth-order valence-electron chi connectivity index (χ4n) is 5.32. The van der Waals surface area contributed by atoms with E-state index in [1.807, 2.05) is 123 Å². The summed E-state index contributed by atoms with van der Waals surface area (Å²) >= 11 is 0. The molecule has 1 aliphatic heterocycles. The van der Waals surface area contributed by atoms with Gasteiger partial charge in [0.1, 0.15) is 0 Å². The maximum atomic E-state index is 14.5. The molecule has 0 aliphatic carbocycles. The molecule has 0 amide bonds. The van der Waals surface area contributed by atoms with Crippen LogP contribution in [0.2, 0.25) is 0 Å². The highest BCUT2D eigenvalue weighted by Gasteiger charge is 2.51. The van der Waals surface area contributed by atoms with Gasteiger partial charge in [0.05, 0.1) is 29.2 Å². The van der Waals surface area contributed by atoms with Crippen molar-refractivity contribution in [2.75, 3.05) is 0 Å². The second-order valence-corrected chi connectivity index (χ2v) is 9.35. The molecule has 0 saturated carbocycles. The van der Waals surface area contributed by atoms with Crippen molar-refractivity contribution in [3.63, 3.8) is 0 Å². The summed E-state index contributed by atoms with van der Waals surface area (Å²) in [6.07, 6.45) is 0. The van der Waals surface area contributed by atoms with Gasteiger partial charge in [-0.1, -0.05) is 120 Å². The third-order valence-electron chi connectivity index (χ3n) is 7.06. The molecule has 5 rings (SSSR count). The number of hydrogen-bond acceptors (Lipinski definition) is 3. The van der Waals surface area contributed by atoms with Crippen molar-refractivity contribution in [1.82, 2.24) is 5.01 Å². The van der Waals surface area contributed by atoms with E-state index in [1.54, 1.807) is 5.01 Å². The first kappa shape index (κ1) is 22.7. The Morgan fingerprint density at radius 1 is 0.543 bits per heavy atom. The van der Waals surface area contributed by atoms with Gasteiger partial charge in [-0.3, -0.25) is 4.79 Å². The monoisotopic (exact) mass is 460 g/mol. The highest BCUT2D eigenvalue weighted by atomic mass is 16.3. The number of aryl methyl sites for hydroxylation is 2. The van der Waals surface area contributed by atoms with Crippen LogP contribution >= 0.6 is 0 Å². The van der Waals surface area contributed by atoms with E-state index in [4.69, 9.17) is 0 Å². The van der Waals surface area contributed by atoms with E-state index in [2.05, 4.69) is 5.29 Å². The number of Topliss-reactive ketones (excluding diaryl/α,β-unsaturated/α-hetero) is 1. The highest BCUT2D eigenvalue weighted by molar-refractivity contribution is 5.94. The number of benzene rings is 4.